The molecule has 2 aromatic carbocycles. The van der Waals surface area contributed by atoms with Crippen LogP contribution in [-0.4, -0.2) is 65.5 Å². The number of nitrogen functional groups attached to an aromatic ring is 1. The largest absolute Gasteiger partial charge is 0.494 e. The van der Waals surface area contributed by atoms with E-state index >= 15 is 0 Å². The van der Waals surface area contributed by atoms with Crippen molar-refractivity contribution >= 4 is 34.4 Å². The molecule has 4 N–H and O–H groups in total. The molecule has 0 spiro atoms. The van der Waals surface area contributed by atoms with E-state index in [4.69, 9.17) is 15.2 Å². The number of aryl methyl sites for hydroxylation is 1. The summed E-state index contributed by atoms with van der Waals surface area (Å²) in [5.74, 6) is 0.534. The Labute approximate surface area is 239 Å². The van der Waals surface area contributed by atoms with Crippen molar-refractivity contribution in [3.8, 4) is 17.4 Å². The molecule has 0 bridgehead atoms. The second-order valence-electron chi connectivity index (χ2n) is 11.0. The van der Waals surface area contributed by atoms with Gasteiger partial charge in [-0.25, -0.2) is 4.98 Å². The number of ether oxygens (including phenoxy) is 2. The molecule has 2 amide bonds. The molecule has 0 unspecified atom stereocenters. The molecule has 2 heterocycles. The average Bonchev–Trinajstić information content (AvgIpc) is 3.24. The Morgan fingerprint density at radius 1 is 1.10 bits per heavy atom. The van der Waals surface area contributed by atoms with E-state index in [1.54, 1.807) is 29.8 Å². The molecule has 41 heavy (non-hydrogen) atoms. The number of anilines is 2. The van der Waals surface area contributed by atoms with Gasteiger partial charge in [0, 0.05) is 37.8 Å². The van der Waals surface area contributed by atoms with Crippen molar-refractivity contribution in [3.63, 3.8) is 0 Å². The number of aromatic nitrogens is 3. The van der Waals surface area contributed by atoms with Crippen LogP contribution in [0.3, 0.4) is 0 Å². The molecule has 4 rings (SSSR count). The number of rotatable bonds is 9. The zero-order chi connectivity index (χ0) is 29.9. The van der Waals surface area contributed by atoms with Gasteiger partial charge in [0.25, 0.3) is 11.8 Å². The van der Waals surface area contributed by atoms with Crippen molar-refractivity contribution in [2.75, 3.05) is 45.3 Å². The minimum absolute atomic E-state index is 0.0961. The molecular formula is C30H37N7O4. The second-order valence-corrected chi connectivity index (χ2v) is 11.0. The van der Waals surface area contributed by atoms with E-state index in [0.29, 0.717) is 41.3 Å². The molecule has 216 valence electrons. The van der Waals surface area contributed by atoms with Crippen molar-refractivity contribution in [2.45, 2.75) is 26.2 Å². The van der Waals surface area contributed by atoms with Crippen LogP contribution < -0.4 is 25.8 Å². The Morgan fingerprint density at radius 2 is 1.85 bits per heavy atom. The van der Waals surface area contributed by atoms with Crippen LogP contribution in [0.15, 0.2) is 48.7 Å². The van der Waals surface area contributed by atoms with Crippen LogP contribution in [0, 0.1) is 0 Å². The summed E-state index contributed by atoms with van der Waals surface area (Å²) in [5.41, 5.74) is 8.13. The van der Waals surface area contributed by atoms with Crippen LogP contribution in [0.25, 0.3) is 10.9 Å². The summed E-state index contributed by atoms with van der Waals surface area (Å²) in [6, 6.07) is 12.6. The maximum absolute atomic E-state index is 13.7. The van der Waals surface area contributed by atoms with E-state index in [-0.39, 0.29) is 34.8 Å². The highest BCUT2D eigenvalue weighted by Gasteiger charge is 2.25. The number of hydrogen-bond donors (Lipinski definition) is 3. The van der Waals surface area contributed by atoms with E-state index in [1.807, 2.05) is 64.0 Å². The topological polar surface area (TPSA) is 137 Å². The van der Waals surface area contributed by atoms with Crippen molar-refractivity contribution < 1.29 is 19.1 Å². The first kappa shape index (κ1) is 29.3. The molecule has 0 saturated carbocycles. The van der Waals surface area contributed by atoms with Gasteiger partial charge in [0.05, 0.1) is 23.9 Å². The van der Waals surface area contributed by atoms with Crippen LogP contribution in [-0.2, 0) is 12.5 Å². The number of carbonyl (C=O) groups is 2. The fraction of sp³-hybridized carbons (Fsp3) is 0.333. The van der Waals surface area contributed by atoms with Crippen LogP contribution in [0.1, 0.15) is 47.2 Å². The smallest absolute Gasteiger partial charge is 0.272 e. The Balaban J connectivity index is 1.71. The molecule has 0 radical (unpaired) electrons. The molecule has 0 aliphatic rings. The lowest BCUT2D eigenvalue weighted by Crippen LogP contribution is -2.32. The zero-order valence-electron chi connectivity index (χ0n) is 24.5. The molecular weight excluding hydrogens is 522 g/mol. The molecule has 0 atom stereocenters. The van der Waals surface area contributed by atoms with Gasteiger partial charge in [0.1, 0.15) is 5.69 Å². The van der Waals surface area contributed by atoms with E-state index in [2.05, 4.69) is 20.6 Å². The fourth-order valence-electron chi connectivity index (χ4n) is 4.42. The van der Waals surface area contributed by atoms with Crippen LogP contribution in [0.5, 0.6) is 17.4 Å². The minimum atomic E-state index is -0.371. The molecule has 11 nitrogen and oxygen atoms in total. The van der Waals surface area contributed by atoms with Crippen molar-refractivity contribution in [1.82, 2.24) is 24.8 Å². The highest BCUT2D eigenvalue weighted by atomic mass is 16.5. The number of para-hydroxylation sites is 1. The molecule has 2 aromatic heterocycles. The zero-order valence-corrected chi connectivity index (χ0v) is 24.5. The maximum Gasteiger partial charge on any atom is 0.272 e. The minimum Gasteiger partial charge on any atom is -0.494 e. The molecule has 0 aliphatic carbocycles. The van der Waals surface area contributed by atoms with Gasteiger partial charge in [-0.15, -0.1) is 0 Å². The Bertz CT molecular complexity index is 1590. The van der Waals surface area contributed by atoms with Crippen molar-refractivity contribution in [2.24, 2.45) is 7.05 Å². The maximum atomic E-state index is 13.7. The number of nitrogens with zero attached hydrogens (tertiary/aromatic N) is 4. The third-order valence-electron chi connectivity index (χ3n) is 6.61. The lowest BCUT2D eigenvalue weighted by molar-refractivity contribution is 0.0946. The van der Waals surface area contributed by atoms with Gasteiger partial charge in [-0.1, -0.05) is 32.9 Å². The molecule has 11 heteroatoms. The first-order chi connectivity index (χ1) is 19.4. The van der Waals surface area contributed by atoms with Gasteiger partial charge in [-0.2, -0.15) is 4.98 Å². The summed E-state index contributed by atoms with van der Waals surface area (Å²) in [6.45, 7) is 7.30. The number of fused-ring (bicyclic) bond motifs is 1. The number of methoxy groups -OCH3 is 1. The molecule has 0 fully saturated rings. The number of nitrogens with one attached hydrogen (secondary N) is 2. The van der Waals surface area contributed by atoms with Gasteiger partial charge in [0.15, 0.2) is 11.5 Å². The monoisotopic (exact) mass is 559 g/mol. The summed E-state index contributed by atoms with van der Waals surface area (Å²) in [6.07, 6.45) is 1.51. The van der Waals surface area contributed by atoms with E-state index in [9.17, 15) is 9.59 Å². The third-order valence-corrected chi connectivity index (χ3v) is 6.61. The third kappa shape index (κ3) is 6.58. The number of amides is 2. The van der Waals surface area contributed by atoms with Crippen molar-refractivity contribution in [3.05, 3.63) is 65.5 Å². The first-order valence-corrected chi connectivity index (χ1v) is 13.2. The molecule has 0 aliphatic heterocycles. The highest BCUT2D eigenvalue weighted by molar-refractivity contribution is 6.09. The Morgan fingerprint density at radius 3 is 2.51 bits per heavy atom. The van der Waals surface area contributed by atoms with Gasteiger partial charge >= 0.3 is 0 Å². The number of carbonyl (C=O) groups excluding carboxylic acids is 2. The van der Waals surface area contributed by atoms with Crippen LogP contribution in [0.4, 0.5) is 11.6 Å². The number of nitrogens with two attached hydrogens (primary N) is 1. The highest BCUT2D eigenvalue weighted by Crippen LogP contribution is 2.36. The first-order valence-electron chi connectivity index (χ1n) is 13.2. The normalized spacial score (nSPS) is 11.5. The van der Waals surface area contributed by atoms with Gasteiger partial charge in [-0.05, 0) is 49.3 Å². The van der Waals surface area contributed by atoms with Crippen molar-refractivity contribution in [1.29, 1.82) is 0 Å². The lowest BCUT2D eigenvalue weighted by atomic mass is 9.85. The van der Waals surface area contributed by atoms with Gasteiger partial charge < -0.3 is 35.3 Å². The number of benzene rings is 2. The fourth-order valence-corrected chi connectivity index (χ4v) is 4.42. The molecule has 0 saturated heterocycles. The number of hydrogen-bond acceptors (Lipinski definition) is 8. The quantitative estimate of drug-likeness (QED) is 0.278. The van der Waals surface area contributed by atoms with Crippen LogP contribution in [0.2, 0.25) is 0 Å². The van der Waals surface area contributed by atoms with Crippen LogP contribution >= 0.6 is 0 Å². The average molecular weight is 560 g/mol. The second kappa shape index (κ2) is 11.8. The van der Waals surface area contributed by atoms with E-state index in [0.717, 1.165) is 10.9 Å². The Hall–Kier alpha value is -4.64. The predicted molar refractivity (Wildman–Crippen MR) is 160 cm³/mol. The molecule has 4 aromatic rings. The van der Waals surface area contributed by atoms with E-state index < -0.39 is 0 Å². The summed E-state index contributed by atoms with van der Waals surface area (Å²) >= 11 is 0. The van der Waals surface area contributed by atoms with Gasteiger partial charge in [-0.3, -0.25) is 9.59 Å². The van der Waals surface area contributed by atoms with E-state index in [1.165, 1.54) is 13.3 Å². The SMILES string of the molecule is COc1c(NC(=O)c2cc3cccc(Oc4ccnc(N)n4)c3n2C)cc(C(C)(C)C)cc1C(=O)NCCN(C)C. The summed E-state index contributed by atoms with van der Waals surface area (Å²) in [5, 5.41) is 6.73. The summed E-state index contributed by atoms with van der Waals surface area (Å²) in [7, 11) is 7.15. The summed E-state index contributed by atoms with van der Waals surface area (Å²) < 4.78 is 13.4. The summed E-state index contributed by atoms with van der Waals surface area (Å²) in [4.78, 5) is 36.9. The number of likely N-dealkylation sites (N-methyl/N-ethyl adjacent to an activating group) is 1. The van der Waals surface area contributed by atoms with Gasteiger partial charge in [0.2, 0.25) is 11.8 Å². The predicted octanol–water partition coefficient (Wildman–Crippen LogP) is 4.19. The Kier molecular flexibility index (Phi) is 8.48. The lowest BCUT2D eigenvalue weighted by Gasteiger charge is -2.23. The standard InChI is InChI=1S/C30H37N7O4/c1-30(2,3)19-16-20(27(38)32-13-14-36(4)5)26(40-7)21(17-19)34-28(39)22-15-18-9-8-10-23(25(18)37(22)6)41-24-11-12-33-29(31)35-24/h8-12,15-17H,13-14H2,1-7H3,(H,32,38)(H,34,39)(H2,31,33,35).